The second kappa shape index (κ2) is 8.18. The summed E-state index contributed by atoms with van der Waals surface area (Å²) < 4.78 is 0. The zero-order chi connectivity index (χ0) is 15.9. The van der Waals surface area contributed by atoms with Gasteiger partial charge >= 0.3 is 0 Å². The largest absolute Gasteiger partial charge is 0.349 e. The molecule has 0 fully saturated rings. The highest BCUT2D eigenvalue weighted by Gasteiger charge is 2.35. The maximum absolute atomic E-state index is 12.8. The Labute approximate surface area is 129 Å². The first-order valence-corrected chi connectivity index (χ1v) is 8.07. The topological polar surface area (TPSA) is 55.1 Å². The summed E-state index contributed by atoms with van der Waals surface area (Å²) in [4.78, 5) is 12.8. The van der Waals surface area contributed by atoms with Crippen molar-refractivity contribution in [2.24, 2.45) is 11.1 Å². The molecular weight excluding hydrogens is 260 g/mol. The minimum Gasteiger partial charge on any atom is -0.349 e. The number of rotatable bonds is 8. The van der Waals surface area contributed by atoms with Gasteiger partial charge in [-0.25, -0.2) is 0 Å². The molecule has 3 nitrogen and oxygen atoms in total. The molecule has 3 N–H and O–H groups in total. The summed E-state index contributed by atoms with van der Waals surface area (Å²) in [5.74, 6) is 0.101. The van der Waals surface area contributed by atoms with E-state index in [4.69, 9.17) is 5.73 Å². The molecule has 0 saturated carbocycles. The maximum atomic E-state index is 12.8. The molecule has 0 aliphatic carbocycles. The van der Waals surface area contributed by atoms with Gasteiger partial charge in [0, 0.05) is 6.54 Å². The van der Waals surface area contributed by atoms with Gasteiger partial charge in [-0.2, -0.15) is 0 Å². The van der Waals surface area contributed by atoms with Gasteiger partial charge in [0.1, 0.15) is 0 Å². The minimum absolute atomic E-state index is 0.0123. The van der Waals surface area contributed by atoms with E-state index in [0.29, 0.717) is 6.54 Å². The fraction of sp³-hybridized carbons (Fsp3) is 0.611. The zero-order valence-corrected chi connectivity index (χ0v) is 13.9. The lowest BCUT2D eigenvalue weighted by molar-refractivity contribution is -0.132. The highest BCUT2D eigenvalue weighted by Crippen LogP contribution is 2.30. The predicted octanol–water partition coefficient (Wildman–Crippen LogP) is 3.72. The third-order valence-corrected chi connectivity index (χ3v) is 4.33. The van der Waals surface area contributed by atoms with Crippen molar-refractivity contribution in [2.45, 2.75) is 59.4 Å². The molecule has 1 atom stereocenters. The molecule has 0 aromatic heterocycles. The molecule has 118 valence electrons. The highest BCUT2D eigenvalue weighted by molar-refractivity contribution is 5.83. The zero-order valence-electron chi connectivity index (χ0n) is 13.9. The van der Waals surface area contributed by atoms with Gasteiger partial charge in [-0.3, -0.25) is 4.79 Å². The van der Waals surface area contributed by atoms with Gasteiger partial charge in [-0.1, -0.05) is 51.0 Å². The molecule has 0 heterocycles. The number of hydrogen-bond donors (Lipinski definition) is 2. The van der Waals surface area contributed by atoms with Gasteiger partial charge in [0.15, 0.2) is 0 Å². The quantitative estimate of drug-likeness (QED) is 0.766. The predicted molar refractivity (Wildman–Crippen MR) is 89.0 cm³/mol. The molecule has 0 spiro atoms. The van der Waals surface area contributed by atoms with Crippen LogP contribution < -0.4 is 11.1 Å². The summed E-state index contributed by atoms with van der Waals surface area (Å²) in [5, 5.41) is 3.18. The molecule has 21 heavy (non-hydrogen) atoms. The molecule has 0 saturated heterocycles. The summed E-state index contributed by atoms with van der Waals surface area (Å²) in [6.07, 6.45) is 3.65. The number of carbonyl (C=O) groups is 1. The Kier molecular flexibility index (Phi) is 6.90. The van der Waals surface area contributed by atoms with E-state index in [0.717, 1.165) is 25.7 Å². The van der Waals surface area contributed by atoms with E-state index in [1.807, 2.05) is 19.1 Å². The number of nitrogens with two attached hydrogens (primary N) is 1. The standard InChI is InChI=1S/C18H30N2O/c1-5-11-18(13-19,12-6-2)17(21)20-15(4)16-10-8-7-9-14(16)3/h7-10,15H,5-6,11-13,19H2,1-4H3,(H,20,21). The Hall–Kier alpha value is -1.35. The van der Waals surface area contributed by atoms with Crippen molar-refractivity contribution in [1.29, 1.82) is 0 Å². The monoisotopic (exact) mass is 290 g/mol. The Morgan fingerprint density at radius 2 is 1.81 bits per heavy atom. The smallest absolute Gasteiger partial charge is 0.227 e. The Balaban J connectivity index is 2.88. The summed E-state index contributed by atoms with van der Waals surface area (Å²) >= 11 is 0. The third kappa shape index (κ3) is 4.31. The third-order valence-electron chi connectivity index (χ3n) is 4.33. The molecule has 0 aliphatic heterocycles. The maximum Gasteiger partial charge on any atom is 0.227 e. The van der Waals surface area contributed by atoms with Gasteiger partial charge in [0.05, 0.1) is 11.5 Å². The van der Waals surface area contributed by atoms with Crippen LogP contribution in [0.15, 0.2) is 24.3 Å². The van der Waals surface area contributed by atoms with E-state index < -0.39 is 5.41 Å². The first-order valence-electron chi connectivity index (χ1n) is 8.07. The fourth-order valence-corrected chi connectivity index (χ4v) is 3.11. The average molecular weight is 290 g/mol. The van der Waals surface area contributed by atoms with Gasteiger partial charge in [-0.05, 0) is 37.8 Å². The van der Waals surface area contributed by atoms with E-state index in [-0.39, 0.29) is 11.9 Å². The van der Waals surface area contributed by atoms with Crippen LogP contribution in [-0.2, 0) is 4.79 Å². The fourth-order valence-electron chi connectivity index (χ4n) is 3.11. The van der Waals surface area contributed by atoms with Gasteiger partial charge in [0.25, 0.3) is 0 Å². The van der Waals surface area contributed by atoms with Crippen LogP contribution in [0.2, 0.25) is 0 Å². The SMILES string of the molecule is CCCC(CN)(CCC)C(=O)NC(C)c1ccccc1C. The number of nitrogens with one attached hydrogen (secondary N) is 1. The summed E-state index contributed by atoms with van der Waals surface area (Å²) in [6.45, 7) is 8.75. The second-order valence-corrected chi connectivity index (χ2v) is 6.04. The Morgan fingerprint density at radius 3 is 2.29 bits per heavy atom. The number of benzene rings is 1. The van der Waals surface area contributed by atoms with Crippen LogP contribution in [0.3, 0.4) is 0 Å². The molecule has 1 aromatic carbocycles. The van der Waals surface area contributed by atoms with Crippen LogP contribution in [-0.4, -0.2) is 12.5 Å². The van der Waals surface area contributed by atoms with Crippen molar-refractivity contribution >= 4 is 5.91 Å². The van der Waals surface area contributed by atoms with Gasteiger partial charge in [0.2, 0.25) is 5.91 Å². The van der Waals surface area contributed by atoms with Crippen LogP contribution >= 0.6 is 0 Å². The van der Waals surface area contributed by atoms with Crippen molar-refractivity contribution in [3.63, 3.8) is 0 Å². The lowest BCUT2D eigenvalue weighted by Gasteiger charge is -2.32. The normalized spacial score (nSPS) is 13.0. The van der Waals surface area contributed by atoms with E-state index >= 15 is 0 Å². The van der Waals surface area contributed by atoms with E-state index in [9.17, 15) is 4.79 Å². The number of aryl methyl sites for hydroxylation is 1. The Bertz CT molecular complexity index is 450. The lowest BCUT2D eigenvalue weighted by atomic mass is 9.78. The molecule has 1 amide bonds. The molecule has 3 heteroatoms. The Morgan fingerprint density at radius 1 is 1.24 bits per heavy atom. The first kappa shape index (κ1) is 17.7. The molecule has 1 rings (SSSR count). The highest BCUT2D eigenvalue weighted by atomic mass is 16.2. The summed E-state index contributed by atoms with van der Waals surface area (Å²) in [6, 6.07) is 8.19. The molecular formula is C18H30N2O. The average Bonchev–Trinajstić information content (AvgIpc) is 2.47. The van der Waals surface area contributed by atoms with Gasteiger partial charge in [-0.15, -0.1) is 0 Å². The minimum atomic E-state index is -0.416. The van der Waals surface area contributed by atoms with Crippen molar-refractivity contribution < 1.29 is 4.79 Å². The van der Waals surface area contributed by atoms with Crippen LogP contribution in [0, 0.1) is 12.3 Å². The van der Waals surface area contributed by atoms with E-state index in [1.54, 1.807) is 0 Å². The number of carbonyl (C=O) groups excluding carboxylic acids is 1. The lowest BCUT2D eigenvalue weighted by Crippen LogP contribution is -2.46. The van der Waals surface area contributed by atoms with E-state index in [2.05, 4.69) is 38.2 Å². The molecule has 0 radical (unpaired) electrons. The molecule has 0 bridgehead atoms. The van der Waals surface area contributed by atoms with Crippen molar-refractivity contribution in [3.8, 4) is 0 Å². The molecule has 0 aliphatic rings. The molecule has 1 aromatic rings. The van der Waals surface area contributed by atoms with Crippen LogP contribution in [0.4, 0.5) is 0 Å². The summed E-state index contributed by atoms with van der Waals surface area (Å²) in [7, 11) is 0. The van der Waals surface area contributed by atoms with Crippen LogP contribution in [0.1, 0.15) is 63.6 Å². The number of amides is 1. The first-order chi connectivity index (χ1) is 10.0. The van der Waals surface area contributed by atoms with Crippen molar-refractivity contribution in [2.75, 3.05) is 6.54 Å². The summed E-state index contributed by atoms with van der Waals surface area (Å²) in [5.41, 5.74) is 7.92. The van der Waals surface area contributed by atoms with Crippen LogP contribution in [0.25, 0.3) is 0 Å². The van der Waals surface area contributed by atoms with Crippen molar-refractivity contribution in [3.05, 3.63) is 35.4 Å². The van der Waals surface area contributed by atoms with Crippen LogP contribution in [0.5, 0.6) is 0 Å². The van der Waals surface area contributed by atoms with E-state index in [1.165, 1.54) is 11.1 Å². The van der Waals surface area contributed by atoms with Gasteiger partial charge < -0.3 is 11.1 Å². The molecule has 1 unspecified atom stereocenters. The van der Waals surface area contributed by atoms with Crippen molar-refractivity contribution in [1.82, 2.24) is 5.32 Å². The second-order valence-electron chi connectivity index (χ2n) is 6.04. The number of hydrogen-bond acceptors (Lipinski definition) is 2.